The summed E-state index contributed by atoms with van der Waals surface area (Å²) < 4.78 is 43.1. The van der Waals surface area contributed by atoms with Gasteiger partial charge in [0.15, 0.2) is 17.7 Å². The summed E-state index contributed by atoms with van der Waals surface area (Å²) in [6.45, 7) is 4.31. The average Bonchev–Trinajstić information content (AvgIpc) is 3.27. The van der Waals surface area contributed by atoms with E-state index in [-0.39, 0.29) is 40.9 Å². The largest absolute Gasteiger partial charge is 0.494 e. The predicted molar refractivity (Wildman–Crippen MR) is 115 cm³/mol. The van der Waals surface area contributed by atoms with Crippen molar-refractivity contribution < 1.29 is 27.5 Å². The lowest BCUT2D eigenvalue weighted by atomic mass is 10.2. The van der Waals surface area contributed by atoms with Crippen LogP contribution in [0.3, 0.4) is 0 Å². The zero-order chi connectivity index (χ0) is 23.1. The minimum absolute atomic E-state index is 0.0846. The van der Waals surface area contributed by atoms with Crippen molar-refractivity contribution in [2.45, 2.75) is 31.7 Å². The highest BCUT2D eigenvalue weighted by Gasteiger charge is 2.19. The maximum Gasteiger partial charge on any atom is 0.277 e. The number of carbonyl (C=O) groups is 1. The lowest BCUT2D eigenvalue weighted by molar-refractivity contribution is -0.128. The van der Waals surface area contributed by atoms with Crippen LogP contribution < -0.4 is 9.47 Å². The molecule has 32 heavy (non-hydrogen) atoms. The Balaban J connectivity index is 1.54. The highest BCUT2D eigenvalue weighted by Crippen LogP contribution is 2.25. The third kappa shape index (κ3) is 6.19. The van der Waals surface area contributed by atoms with Crippen molar-refractivity contribution in [2.75, 3.05) is 19.4 Å². The molecule has 10 heteroatoms. The van der Waals surface area contributed by atoms with Gasteiger partial charge in [0.2, 0.25) is 5.91 Å². The van der Waals surface area contributed by atoms with Crippen LogP contribution in [0.2, 0.25) is 0 Å². The van der Waals surface area contributed by atoms with Crippen molar-refractivity contribution in [3.05, 3.63) is 65.6 Å². The molecule has 0 saturated heterocycles. The van der Waals surface area contributed by atoms with Crippen molar-refractivity contribution in [1.29, 1.82) is 0 Å². The van der Waals surface area contributed by atoms with E-state index in [1.807, 2.05) is 6.92 Å². The smallest absolute Gasteiger partial charge is 0.277 e. The molecule has 0 spiro atoms. The van der Waals surface area contributed by atoms with E-state index in [2.05, 4.69) is 10.2 Å². The zero-order valence-corrected chi connectivity index (χ0v) is 18.7. The Labute approximate surface area is 188 Å². The Kier molecular flexibility index (Phi) is 8.04. The first kappa shape index (κ1) is 23.5. The summed E-state index contributed by atoms with van der Waals surface area (Å²) >= 11 is 1.11. The van der Waals surface area contributed by atoms with Crippen LogP contribution >= 0.6 is 11.8 Å². The summed E-state index contributed by atoms with van der Waals surface area (Å²) in [5, 5.41) is 8.12. The molecule has 7 nitrogen and oxygen atoms in total. The molecule has 0 bridgehead atoms. The number of thioether (sulfide) groups is 1. The Bertz CT molecular complexity index is 1050. The van der Waals surface area contributed by atoms with Gasteiger partial charge in [0.1, 0.15) is 11.6 Å². The van der Waals surface area contributed by atoms with Gasteiger partial charge in [0, 0.05) is 13.1 Å². The van der Waals surface area contributed by atoms with Crippen molar-refractivity contribution in [2.24, 2.45) is 0 Å². The number of amides is 1. The van der Waals surface area contributed by atoms with Gasteiger partial charge < -0.3 is 18.8 Å². The van der Waals surface area contributed by atoms with E-state index in [0.717, 1.165) is 11.8 Å². The van der Waals surface area contributed by atoms with Gasteiger partial charge in [-0.1, -0.05) is 17.8 Å². The van der Waals surface area contributed by atoms with E-state index in [4.69, 9.17) is 13.9 Å². The Morgan fingerprint density at radius 2 is 1.94 bits per heavy atom. The van der Waals surface area contributed by atoms with Crippen LogP contribution in [-0.2, 0) is 11.3 Å². The normalized spacial score (nSPS) is 11.8. The molecule has 170 valence electrons. The van der Waals surface area contributed by atoms with Crippen LogP contribution in [0.25, 0.3) is 0 Å². The Hall–Kier alpha value is -3.14. The minimum atomic E-state index is -0.546. The molecule has 0 N–H and O–H groups in total. The lowest BCUT2D eigenvalue weighted by Crippen LogP contribution is -2.31. The van der Waals surface area contributed by atoms with Crippen molar-refractivity contribution in [3.63, 3.8) is 0 Å². The quantitative estimate of drug-likeness (QED) is 0.406. The summed E-state index contributed by atoms with van der Waals surface area (Å²) in [6.07, 6.45) is -0.546. The molecule has 1 unspecified atom stereocenters. The van der Waals surface area contributed by atoms with E-state index < -0.39 is 11.9 Å². The van der Waals surface area contributed by atoms with Crippen LogP contribution in [0.15, 0.2) is 52.1 Å². The molecule has 0 aliphatic rings. The highest BCUT2D eigenvalue weighted by atomic mass is 32.2. The predicted octanol–water partition coefficient (Wildman–Crippen LogP) is 4.64. The molecule has 3 rings (SSSR count). The highest BCUT2D eigenvalue weighted by molar-refractivity contribution is 7.99. The van der Waals surface area contributed by atoms with Crippen LogP contribution in [0.5, 0.6) is 11.5 Å². The lowest BCUT2D eigenvalue weighted by Gasteiger charge is -2.20. The summed E-state index contributed by atoms with van der Waals surface area (Å²) in [6, 6.07) is 10.2. The van der Waals surface area contributed by atoms with Crippen LogP contribution in [0, 0.1) is 11.6 Å². The van der Waals surface area contributed by atoms with Crippen LogP contribution in [0.4, 0.5) is 8.78 Å². The van der Waals surface area contributed by atoms with E-state index in [9.17, 15) is 13.6 Å². The van der Waals surface area contributed by atoms with Gasteiger partial charge in [-0.25, -0.2) is 8.78 Å². The number of aromatic nitrogens is 2. The van der Waals surface area contributed by atoms with E-state index >= 15 is 0 Å². The van der Waals surface area contributed by atoms with Gasteiger partial charge in [-0.15, -0.1) is 10.2 Å². The number of halogens is 2. The van der Waals surface area contributed by atoms with Crippen LogP contribution in [-0.4, -0.2) is 40.4 Å². The maximum absolute atomic E-state index is 13.9. The third-order valence-electron chi connectivity index (χ3n) is 4.54. The molecule has 0 aliphatic heterocycles. The van der Waals surface area contributed by atoms with Crippen molar-refractivity contribution >= 4 is 17.7 Å². The Morgan fingerprint density at radius 3 is 2.59 bits per heavy atom. The third-order valence-corrected chi connectivity index (χ3v) is 5.34. The number of hydrogen-bond acceptors (Lipinski definition) is 7. The van der Waals surface area contributed by atoms with Crippen LogP contribution in [0.1, 0.15) is 31.4 Å². The summed E-state index contributed by atoms with van der Waals surface area (Å²) in [5.74, 6) is -0.0305. The topological polar surface area (TPSA) is 77.7 Å². The fourth-order valence-electron chi connectivity index (χ4n) is 2.83. The SMILES string of the molecule is CCN(Cc1ccc(OC)c(F)c1)C(=O)CSc1nnc(C(C)Oc2ccc(F)cc2)o1. The standard InChI is InChI=1S/C22H23F2N3O4S/c1-4-27(12-15-5-10-19(29-3)18(24)11-15)20(28)13-32-22-26-25-21(31-22)14(2)30-17-8-6-16(23)7-9-17/h5-11,14H,4,12-13H2,1-3H3. The number of rotatable bonds is 10. The first-order valence-corrected chi connectivity index (χ1v) is 10.9. The molecular weight excluding hydrogens is 440 g/mol. The maximum atomic E-state index is 13.9. The number of methoxy groups -OCH3 is 1. The molecule has 0 saturated carbocycles. The molecule has 2 aromatic carbocycles. The van der Waals surface area contributed by atoms with Gasteiger partial charge in [0.05, 0.1) is 12.9 Å². The molecule has 1 heterocycles. The van der Waals surface area contributed by atoms with Gasteiger partial charge in [-0.05, 0) is 55.8 Å². The molecule has 0 radical (unpaired) electrons. The number of carbonyl (C=O) groups excluding carboxylic acids is 1. The molecule has 0 fully saturated rings. The molecular formula is C22H23F2N3O4S. The number of hydrogen-bond donors (Lipinski definition) is 0. The first-order valence-electron chi connectivity index (χ1n) is 9.88. The molecule has 1 amide bonds. The van der Waals surface area contributed by atoms with E-state index in [0.29, 0.717) is 17.9 Å². The van der Waals surface area contributed by atoms with Crippen molar-refractivity contribution in [3.8, 4) is 11.5 Å². The fraction of sp³-hybridized carbons (Fsp3) is 0.318. The number of nitrogens with zero attached hydrogens (tertiary/aromatic N) is 3. The second-order valence-electron chi connectivity index (χ2n) is 6.79. The van der Waals surface area contributed by atoms with Gasteiger partial charge >= 0.3 is 0 Å². The second-order valence-corrected chi connectivity index (χ2v) is 7.71. The Morgan fingerprint density at radius 1 is 1.19 bits per heavy atom. The van der Waals surface area contributed by atoms with E-state index in [1.165, 1.54) is 43.5 Å². The number of ether oxygens (including phenoxy) is 2. The van der Waals surface area contributed by atoms with Crippen molar-refractivity contribution in [1.82, 2.24) is 15.1 Å². The summed E-state index contributed by atoms with van der Waals surface area (Å²) in [5.41, 5.74) is 0.662. The monoisotopic (exact) mass is 463 g/mol. The second kappa shape index (κ2) is 10.9. The zero-order valence-electron chi connectivity index (χ0n) is 17.9. The summed E-state index contributed by atoms with van der Waals surface area (Å²) in [4.78, 5) is 14.2. The molecule has 1 aromatic heterocycles. The summed E-state index contributed by atoms with van der Waals surface area (Å²) in [7, 11) is 1.40. The molecule has 1 atom stereocenters. The molecule has 3 aromatic rings. The minimum Gasteiger partial charge on any atom is -0.494 e. The fourth-order valence-corrected chi connectivity index (χ4v) is 3.50. The van der Waals surface area contributed by atoms with Gasteiger partial charge in [-0.2, -0.15) is 0 Å². The average molecular weight is 464 g/mol. The molecule has 0 aliphatic carbocycles. The first-order chi connectivity index (χ1) is 15.4. The van der Waals surface area contributed by atoms with Gasteiger partial charge in [-0.3, -0.25) is 4.79 Å². The van der Waals surface area contributed by atoms with E-state index in [1.54, 1.807) is 17.9 Å². The number of benzene rings is 2. The van der Waals surface area contributed by atoms with Gasteiger partial charge in [0.25, 0.3) is 11.1 Å².